The lowest BCUT2D eigenvalue weighted by molar-refractivity contribution is 0.0985. The van der Waals surface area contributed by atoms with Crippen molar-refractivity contribution in [2.75, 3.05) is 24.7 Å². The van der Waals surface area contributed by atoms with Crippen LogP contribution in [0.15, 0.2) is 47.1 Å². The van der Waals surface area contributed by atoms with Crippen molar-refractivity contribution < 1.29 is 9.15 Å². The van der Waals surface area contributed by atoms with Crippen molar-refractivity contribution in [1.29, 1.82) is 5.26 Å². The Balaban J connectivity index is 1.62. The van der Waals surface area contributed by atoms with Gasteiger partial charge < -0.3 is 14.1 Å². The van der Waals surface area contributed by atoms with Crippen LogP contribution in [0.5, 0.6) is 0 Å². The summed E-state index contributed by atoms with van der Waals surface area (Å²) >= 11 is 0. The minimum Gasteiger partial charge on any atom is -0.466 e. The molecule has 0 aliphatic carbocycles. The number of hydrogen-bond donors (Lipinski definition) is 1. The van der Waals surface area contributed by atoms with Gasteiger partial charge in [0.25, 0.3) is 0 Å². The van der Waals surface area contributed by atoms with Crippen LogP contribution in [0.2, 0.25) is 0 Å². The third-order valence-corrected chi connectivity index (χ3v) is 6.53. The number of furan rings is 1. The van der Waals surface area contributed by atoms with Crippen molar-refractivity contribution in [3.8, 4) is 17.5 Å². The van der Waals surface area contributed by atoms with E-state index in [4.69, 9.17) is 14.1 Å². The summed E-state index contributed by atoms with van der Waals surface area (Å²) in [7, 11) is 0. The first kappa shape index (κ1) is 19.0. The van der Waals surface area contributed by atoms with Crippen LogP contribution in [-0.2, 0) is 23.0 Å². The minimum atomic E-state index is -0.732. The van der Waals surface area contributed by atoms with Crippen LogP contribution in [0, 0.1) is 11.3 Å². The predicted octanol–water partition coefficient (Wildman–Crippen LogP) is 3.40. The van der Waals surface area contributed by atoms with Crippen LogP contribution in [-0.4, -0.2) is 46.0 Å². The zero-order valence-corrected chi connectivity index (χ0v) is 17.7. The van der Waals surface area contributed by atoms with Crippen LogP contribution >= 0.6 is 0 Å². The van der Waals surface area contributed by atoms with E-state index in [9.17, 15) is 5.26 Å². The molecule has 4 aromatic heterocycles. The number of H-pyrrole nitrogens is 1. The molecule has 6 heterocycles. The topological polar surface area (TPSA) is 104 Å². The molecule has 1 atom stereocenters. The predicted molar refractivity (Wildman–Crippen MR) is 118 cm³/mol. The van der Waals surface area contributed by atoms with Crippen molar-refractivity contribution in [3.63, 3.8) is 0 Å². The van der Waals surface area contributed by atoms with Crippen molar-refractivity contribution in [2.24, 2.45) is 0 Å². The number of fused-ring (bicyclic) bond motifs is 3. The molecule has 8 heteroatoms. The molecule has 0 amide bonds. The van der Waals surface area contributed by atoms with Gasteiger partial charge in [0, 0.05) is 37.2 Å². The summed E-state index contributed by atoms with van der Waals surface area (Å²) in [5.41, 5.74) is 2.52. The van der Waals surface area contributed by atoms with Crippen LogP contribution < -0.4 is 4.90 Å². The summed E-state index contributed by atoms with van der Waals surface area (Å²) in [5, 5.41) is 18.5. The van der Waals surface area contributed by atoms with Crippen LogP contribution in [0.1, 0.15) is 24.0 Å². The Morgan fingerprint density at radius 3 is 2.75 bits per heavy atom. The average molecular weight is 426 g/mol. The van der Waals surface area contributed by atoms with Gasteiger partial charge in [0.15, 0.2) is 0 Å². The van der Waals surface area contributed by atoms with Crippen molar-refractivity contribution in [3.05, 3.63) is 59.8 Å². The second-order valence-corrected chi connectivity index (χ2v) is 8.59. The molecule has 0 saturated carbocycles. The Bertz CT molecular complexity index is 1320. The van der Waals surface area contributed by atoms with Gasteiger partial charge in [0.1, 0.15) is 28.5 Å². The van der Waals surface area contributed by atoms with Gasteiger partial charge in [-0.05, 0) is 42.8 Å². The van der Waals surface area contributed by atoms with Crippen molar-refractivity contribution >= 4 is 16.7 Å². The maximum atomic E-state index is 10.5. The van der Waals surface area contributed by atoms with E-state index in [0.29, 0.717) is 26.1 Å². The van der Waals surface area contributed by atoms with Gasteiger partial charge in [-0.15, -0.1) is 0 Å². The second-order valence-electron chi connectivity index (χ2n) is 8.59. The maximum absolute atomic E-state index is 10.5. The van der Waals surface area contributed by atoms with E-state index in [1.807, 2.05) is 24.3 Å². The number of nitrogens with one attached hydrogen (secondary N) is 1. The number of hydrogen-bond acceptors (Lipinski definition) is 7. The molecule has 0 aromatic carbocycles. The molecular weight excluding hydrogens is 404 g/mol. The summed E-state index contributed by atoms with van der Waals surface area (Å²) in [5.74, 6) is 2.51. The molecule has 1 saturated heterocycles. The first-order valence-corrected chi connectivity index (χ1v) is 10.8. The number of nitrogens with zero attached hydrogens (tertiary/aromatic N) is 5. The van der Waals surface area contributed by atoms with Gasteiger partial charge in [0.05, 0.1) is 36.4 Å². The van der Waals surface area contributed by atoms with E-state index in [0.717, 1.165) is 51.7 Å². The zero-order chi connectivity index (χ0) is 21.7. The molecular formula is C24H22N6O2. The molecule has 1 N–H and O–H groups in total. The van der Waals surface area contributed by atoms with E-state index in [-0.39, 0.29) is 6.04 Å². The summed E-state index contributed by atoms with van der Waals surface area (Å²) < 4.78 is 11.5. The van der Waals surface area contributed by atoms with Crippen LogP contribution in [0.3, 0.4) is 0 Å². The Morgan fingerprint density at radius 1 is 1.19 bits per heavy atom. The molecule has 2 aliphatic heterocycles. The number of aromatic amines is 1. The maximum Gasteiger partial charge on any atom is 0.130 e. The fourth-order valence-corrected chi connectivity index (χ4v) is 4.93. The third kappa shape index (κ3) is 2.89. The smallest absolute Gasteiger partial charge is 0.130 e. The minimum absolute atomic E-state index is 0.183. The van der Waals surface area contributed by atoms with E-state index in [1.165, 1.54) is 0 Å². The highest BCUT2D eigenvalue weighted by atomic mass is 16.5. The molecule has 6 rings (SSSR count). The quantitative estimate of drug-likeness (QED) is 0.535. The van der Waals surface area contributed by atoms with Crippen molar-refractivity contribution in [2.45, 2.75) is 31.2 Å². The first-order valence-electron chi connectivity index (χ1n) is 10.8. The van der Waals surface area contributed by atoms with E-state index in [2.05, 4.69) is 39.1 Å². The molecule has 8 nitrogen and oxygen atoms in total. The first-order chi connectivity index (χ1) is 15.7. The van der Waals surface area contributed by atoms with Gasteiger partial charge in [-0.3, -0.25) is 10.1 Å². The number of ether oxygens (including phenoxy) is 1. The van der Waals surface area contributed by atoms with Gasteiger partial charge in [0.2, 0.25) is 0 Å². The average Bonchev–Trinajstić information content (AvgIpc) is 3.48. The number of pyridine rings is 2. The number of anilines is 1. The van der Waals surface area contributed by atoms with Gasteiger partial charge in [-0.25, -0.2) is 4.98 Å². The molecule has 2 aliphatic rings. The largest absolute Gasteiger partial charge is 0.466 e. The Kier molecular flexibility index (Phi) is 4.26. The zero-order valence-electron chi connectivity index (χ0n) is 17.7. The highest BCUT2D eigenvalue weighted by Gasteiger charge is 2.41. The Hall–Kier alpha value is -3.70. The van der Waals surface area contributed by atoms with Gasteiger partial charge in [-0.1, -0.05) is 0 Å². The van der Waals surface area contributed by atoms with E-state index < -0.39 is 5.41 Å². The lowest BCUT2D eigenvalue weighted by atomic mass is 9.73. The number of nitriles is 1. The number of aromatic nitrogens is 4. The van der Waals surface area contributed by atoms with Crippen LogP contribution in [0.25, 0.3) is 22.3 Å². The normalized spacial score (nSPS) is 19.8. The lowest BCUT2D eigenvalue weighted by Crippen LogP contribution is -2.44. The molecule has 0 radical (unpaired) electrons. The monoisotopic (exact) mass is 426 g/mol. The molecule has 4 aromatic rings. The summed E-state index contributed by atoms with van der Waals surface area (Å²) in [6.45, 7) is 4.18. The van der Waals surface area contributed by atoms with Crippen LogP contribution in [0.4, 0.5) is 5.82 Å². The fourth-order valence-electron chi connectivity index (χ4n) is 4.93. The highest BCUT2D eigenvalue weighted by Crippen LogP contribution is 2.42. The van der Waals surface area contributed by atoms with Gasteiger partial charge >= 0.3 is 0 Å². The highest BCUT2D eigenvalue weighted by molar-refractivity contribution is 5.94. The summed E-state index contributed by atoms with van der Waals surface area (Å²) in [6, 6.07) is 12.7. The molecule has 2 bridgehead atoms. The standard InChI is InChI=1S/C24H22N6O2/c1-15-13-31-9-8-30(15)21-10-19(24(14-25)11-16-2-3-17(12-24)32-16)18-4-6-26-23(22(18)28-21)20-5-7-27-29-20/h2-7,10,15H,8-9,11-13H2,1H3,(H,27,29)/t15-/m1/s1. The Morgan fingerprint density at radius 2 is 2.03 bits per heavy atom. The third-order valence-electron chi connectivity index (χ3n) is 6.53. The molecule has 0 unspecified atom stereocenters. The number of rotatable bonds is 3. The molecule has 0 spiro atoms. The fraction of sp³-hybridized carbons (Fsp3) is 0.333. The van der Waals surface area contributed by atoms with E-state index in [1.54, 1.807) is 12.4 Å². The van der Waals surface area contributed by atoms with Crippen molar-refractivity contribution in [1.82, 2.24) is 20.2 Å². The SMILES string of the molecule is C[C@@H]1COCCN1c1cc(C2(C#N)Cc3ccc(o3)C2)c2ccnc(-c3ccn[nH]3)c2n1. The molecule has 160 valence electrons. The van der Waals surface area contributed by atoms with E-state index >= 15 is 0 Å². The second kappa shape index (κ2) is 7.18. The Labute approximate surface area is 184 Å². The molecule has 1 fully saturated rings. The number of morpholine rings is 1. The molecule has 32 heavy (non-hydrogen) atoms. The summed E-state index contributed by atoms with van der Waals surface area (Å²) in [4.78, 5) is 12.0. The lowest BCUT2D eigenvalue weighted by Gasteiger charge is -2.36. The van der Waals surface area contributed by atoms with Gasteiger partial charge in [-0.2, -0.15) is 10.4 Å². The summed E-state index contributed by atoms with van der Waals surface area (Å²) in [6.07, 6.45) is 4.54.